The smallest absolute Gasteiger partial charge is 0.242 e. The maximum atomic E-state index is 12.6. The Morgan fingerprint density at radius 3 is 2.67 bits per heavy atom. The molecule has 2 atom stereocenters. The van der Waals surface area contributed by atoms with E-state index >= 15 is 0 Å². The van der Waals surface area contributed by atoms with Crippen LogP contribution in [-0.2, 0) is 15.6 Å². The van der Waals surface area contributed by atoms with Crippen LogP contribution in [0.1, 0.15) is 25.7 Å². The summed E-state index contributed by atoms with van der Waals surface area (Å²) in [6.45, 7) is 2.07. The van der Waals surface area contributed by atoms with Gasteiger partial charge in [-0.25, -0.2) is 0 Å². The molecule has 1 N–H and O–H groups in total. The number of amides is 1. The van der Waals surface area contributed by atoms with Crippen molar-refractivity contribution in [3.05, 3.63) is 24.3 Å². The number of carbonyl (C=O) groups excluding carboxylic acids is 1. The predicted molar refractivity (Wildman–Crippen MR) is 84.7 cm³/mol. The third-order valence-electron chi connectivity index (χ3n) is 4.30. The van der Waals surface area contributed by atoms with Gasteiger partial charge < -0.3 is 5.32 Å². The van der Waals surface area contributed by atoms with Crippen LogP contribution >= 0.6 is 0 Å². The van der Waals surface area contributed by atoms with Gasteiger partial charge in [0.15, 0.2) is 0 Å². The van der Waals surface area contributed by atoms with Crippen LogP contribution in [0.15, 0.2) is 29.2 Å². The van der Waals surface area contributed by atoms with E-state index in [0.29, 0.717) is 5.92 Å². The molecule has 0 radical (unpaired) electrons. The minimum absolute atomic E-state index is 0.0169. The first-order valence-corrected chi connectivity index (χ1v) is 9.19. The topological polar surface area (TPSA) is 49.4 Å². The molecule has 1 aliphatic heterocycles. The molecular weight excluding hydrogens is 284 g/mol. The van der Waals surface area contributed by atoms with Gasteiger partial charge >= 0.3 is 0 Å². The summed E-state index contributed by atoms with van der Waals surface area (Å²) in [5.41, 5.74) is 0.748. The monoisotopic (exact) mass is 306 g/mol. The zero-order valence-electron chi connectivity index (χ0n) is 12.4. The second kappa shape index (κ2) is 6.28. The summed E-state index contributed by atoms with van der Waals surface area (Å²) in [5.74, 6) is 0.616. The molecular formula is C16H22N2O2S. The molecule has 4 nitrogen and oxygen atoms in total. The van der Waals surface area contributed by atoms with Crippen LogP contribution in [0.5, 0.6) is 0 Å². The lowest BCUT2D eigenvalue weighted by molar-refractivity contribution is -0.121. The van der Waals surface area contributed by atoms with E-state index in [4.69, 9.17) is 0 Å². The highest BCUT2D eigenvalue weighted by Gasteiger charge is 2.40. The number of anilines is 1. The van der Waals surface area contributed by atoms with Crippen molar-refractivity contribution >= 4 is 22.4 Å². The molecule has 0 spiro atoms. The van der Waals surface area contributed by atoms with Gasteiger partial charge in [-0.1, -0.05) is 6.07 Å². The highest BCUT2D eigenvalue weighted by atomic mass is 32.2. The highest BCUT2D eigenvalue weighted by molar-refractivity contribution is 7.84. The molecule has 1 amide bonds. The number of hydrogen-bond donors (Lipinski definition) is 1. The molecule has 0 bridgehead atoms. The summed E-state index contributed by atoms with van der Waals surface area (Å²) in [7, 11) is -1.02. The van der Waals surface area contributed by atoms with Gasteiger partial charge in [0.1, 0.15) is 0 Å². The van der Waals surface area contributed by atoms with E-state index in [1.807, 2.05) is 24.3 Å². The Kier molecular flexibility index (Phi) is 4.40. The van der Waals surface area contributed by atoms with Gasteiger partial charge in [-0.05, 0) is 62.9 Å². The Morgan fingerprint density at radius 1 is 1.33 bits per heavy atom. The number of rotatable bonds is 5. The summed E-state index contributed by atoms with van der Waals surface area (Å²) < 4.78 is 11.5. The summed E-state index contributed by atoms with van der Waals surface area (Å²) in [6, 6.07) is 7.35. The fourth-order valence-corrected chi connectivity index (χ4v) is 3.64. The maximum absolute atomic E-state index is 12.6. The first kappa shape index (κ1) is 14.7. The molecule has 5 heteroatoms. The van der Waals surface area contributed by atoms with Crippen LogP contribution in [0.3, 0.4) is 0 Å². The van der Waals surface area contributed by atoms with Gasteiger partial charge in [0.25, 0.3) is 0 Å². The summed E-state index contributed by atoms with van der Waals surface area (Å²) in [6.07, 6.45) is 6.36. The number of nitrogens with one attached hydrogen (secondary N) is 1. The van der Waals surface area contributed by atoms with Crippen molar-refractivity contribution in [1.82, 2.24) is 4.90 Å². The summed E-state index contributed by atoms with van der Waals surface area (Å²) in [4.78, 5) is 15.7. The lowest BCUT2D eigenvalue weighted by atomic mass is 10.1. The van der Waals surface area contributed by atoms with E-state index in [1.54, 1.807) is 6.26 Å². The average Bonchev–Trinajstić information content (AvgIpc) is 3.13. The molecule has 114 valence electrons. The number of likely N-dealkylation sites (tertiary alicyclic amines) is 1. The highest BCUT2D eigenvalue weighted by Crippen LogP contribution is 2.37. The molecule has 1 saturated heterocycles. The van der Waals surface area contributed by atoms with E-state index < -0.39 is 10.8 Å². The van der Waals surface area contributed by atoms with Gasteiger partial charge in [0.05, 0.1) is 6.04 Å². The van der Waals surface area contributed by atoms with Crippen molar-refractivity contribution in [2.24, 2.45) is 5.92 Å². The molecule has 1 aromatic rings. The Balaban J connectivity index is 1.71. The van der Waals surface area contributed by atoms with Gasteiger partial charge in [-0.2, -0.15) is 0 Å². The molecule has 1 aliphatic carbocycles. The standard InChI is InChI=1S/C16H22N2O2S/c1-21(20)14-6-4-5-13(11-14)17-16(19)15(12-7-8-12)18-9-2-3-10-18/h4-6,11-12,15H,2-3,7-10H2,1H3,(H,17,19)/t15-,21-/m0/s1. The zero-order chi connectivity index (χ0) is 14.8. The number of benzene rings is 1. The average molecular weight is 306 g/mol. The summed E-state index contributed by atoms with van der Waals surface area (Å²) >= 11 is 0. The van der Waals surface area contributed by atoms with Crippen LogP contribution in [0.2, 0.25) is 0 Å². The van der Waals surface area contributed by atoms with Crippen molar-refractivity contribution in [2.75, 3.05) is 24.7 Å². The normalized spacial score (nSPS) is 22.0. The number of hydrogen-bond acceptors (Lipinski definition) is 3. The van der Waals surface area contributed by atoms with Crippen LogP contribution in [-0.4, -0.2) is 40.4 Å². The van der Waals surface area contributed by atoms with Gasteiger partial charge in [-0.3, -0.25) is 13.9 Å². The van der Waals surface area contributed by atoms with Crippen LogP contribution < -0.4 is 5.32 Å². The third kappa shape index (κ3) is 3.52. The first-order valence-electron chi connectivity index (χ1n) is 7.63. The molecule has 1 saturated carbocycles. The summed E-state index contributed by atoms with van der Waals surface area (Å²) in [5, 5.41) is 3.02. The Labute approximate surface area is 128 Å². The van der Waals surface area contributed by atoms with Gasteiger partial charge in [0, 0.05) is 27.6 Å². The lowest BCUT2D eigenvalue weighted by Crippen LogP contribution is -2.44. The van der Waals surface area contributed by atoms with Crippen molar-refractivity contribution in [1.29, 1.82) is 0 Å². The Hall–Kier alpha value is -1.20. The maximum Gasteiger partial charge on any atom is 0.242 e. The molecule has 2 fully saturated rings. The molecule has 1 heterocycles. The molecule has 3 rings (SSSR count). The van der Waals surface area contributed by atoms with Crippen molar-refractivity contribution in [3.63, 3.8) is 0 Å². The first-order chi connectivity index (χ1) is 10.1. The van der Waals surface area contributed by atoms with Crippen LogP contribution in [0, 0.1) is 5.92 Å². The van der Waals surface area contributed by atoms with Gasteiger partial charge in [0.2, 0.25) is 5.91 Å². The van der Waals surface area contributed by atoms with Crippen LogP contribution in [0.25, 0.3) is 0 Å². The zero-order valence-corrected chi connectivity index (χ0v) is 13.2. The van der Waals surface area contributed by atoms with E-state index in [9.17, 15) is 9.00 Å². The third-order valence-corrected chi connectivity index (χ3v) is 5.22. The second-order valence-electron chi connectivity index (χ2n) is 6.00. The SMILES string of the molecule is C[S@](=O)c1cccc(NC(=O)[C@H](C2CC2)N2CCCC2)c1. The largest absolute Gasteiger partial charge is 0.325 e. The van der Waals surface area contributed by atoms with Crippen molar-refractivity contribution in [2.45, 2.75) is 36.6 Å². The van der Waals surface area contributed by atoms with Crippen molar-refractivity contribution in [3.8, 4) is 0 Å². The fourth-order valence-electron chi connectivity index (χ4n) is 3.08. The fraction of sp³-hybridized carbons (Fsp3) is 0.562. The minimum Gasteiger partial charge on any atom is -0.325 e. The molecule has 2 aliphatic rings. The molecule has 1 aromatic carbocycles. The Morgan fingerprint density at radius 2 is 2.05 bits per heavy atom. The van der Waals surface area contributed by atoms with E-state index in [0.717, 1.165) is 36.5 Å². The van der Waals surface area contributed by atoms with E-state index in [2.05, 4.69) is 10.2 Å². The minimum atomic E-state index is -1.02. The quantitative estimate of drug-likeness (QED) is 0.907. The second-order valence-corrected chi connectivity index (χ2v) is 7.38. The predicted octanol–water partition coefficient (Wildman–Crippen LogP) is 2.24. The Bertz CT molecular complexity index is 551. The number of nitrogens with zero attached hydrogens (tertiary/aromatic N) is 1. The molecule has 21 heavy (non-hydrogen) atoms. The van der Waals surface area contributed by atoms with E-state index in [-0.39, 0.29) is 11.9 Å². The lowest BCUT2D eigenvalue weighted by Gasteiger charge is -2.26. The van der Waals surface area contributed by atoms with E-state index in [1.165, 1.54) is 12.8 Å². The molecule has 0 unspecified atom stereocenters. The van der Waals surface area contributed by atoms with Gasteiger partial charge in [-0.15, -0.1) is 0 Å². The van der Waals surface area contributed by atoms with Crippen molar-refractivity contribution < 1.29 is 9.00 Å². The molecule has 0 aromatic heterocycles. The number of carbonyl (C=O) groups is 1. The van der Waals surface area contributed by atoms with Crippen LogP contribution in [0.4, 0.5) is 5.69 Å².